The van der Waals surface area contributed by atoms with E-state index >= 15 is 0 Å². The normalized spacial score (nSPS) is 28.1. The second-order valence-electron chi connectivity index (χ2n) is 20.7. The monoisotopic (exact) mass is 920 g/mol. The molecule has 2 saturated heterocycles. The number of methoxy groups -OCH3 is 1. The number of ether oxygens (including phenoxy) is 4. The number of carbonyl (C=O) groups is 4. The smallest absolute Gasteiger partial charge is 0.310 e. The van der Waals surface area contributed by atoms with Crippen molar-refractivity contribution >= 4 is 57.5 Å². The number of carboxylic acids is 1. The van der Waals surface area contributed by atoms with Gasteiger partial charge in [0, 0.05) is 62.8 Å². The predicted molar refractivity (Wildman–Crippen MR) is 245 cm³/mol. The van der Waals surface area contributed by atoms with Crippen molar-refractivity contribution in [1.29, 1.82) is 0 Å². The van der Waals surface area contributed by atoms with Crippen molar-refractivity contribution in [2.24, 2.45) is 40.4 Å². The number of Topliss-reactive ketones (excluding diaryl/α,β-unsaturated/α-hetero) is 1. The summed E-state index contributed by atoms with van der Waals surface area (Å²) >= 11 is 8.72. The number of hydrogen-bond acceptors (Lipinski definition) is 12. The van der Waals surface area contributed by atoms with Gasteiger partial charge in [0.25, 0.3) is 0 Å². The highest BCUT2D eigenvalue weighted by atomic mass is 35.5. The first-order valence-electron chi connectivity index (χ1n) is 23.3. The van der Waals surface area contributed by atoms with Crippen molar-refractivity contribution in [3.8, 4) is 22.9 Å². The Kier molecular flexibility index (Phi) is 13.7. The molecule has 9 atom stereocenters. The number of esters is 1. The molecule has 2 aliphatic heterocycles. The summed E-state index contributed by atoms with van der Waals surface area (Å²) in [4.78, 5) is 69.3. The van der Waals surface area contributed by atoms with Crippen LogP contribution in [-0.2, 0) is 35.1 Å². The minimum atomic E-state index is -1.15. The number of ketones is 1. The number of carboxylic acid groups (broad SMARTS) is 1. The van der Waals surface area contributed by atoms with E-state index in [-0.39, 0.29) is 55.6 Å². The first-order valence-corrected chi connectivity index (χ1v) is 24.6. The molecule has 5 aliphatic rings. The molecule has 3 aliphatic carbocycles. The van der Waals surface area contributed by atoms with Gasteiger partial charge >= 0.3 is 11.9 Å². The number of halogens is 1. The number of benzene rings is 1. The highest BCUT2D eigenvalue weighted by molar-refractivity contribution is 7.09. The molecule has 64 heavy (non-hydrogen) atoms. The molecule has 8 rings (SSSR count). The van der Waals surface area contributed by atoms with E-state index in [2.05, 4.69) is 18.7 Å². The molecule has 1 unspecified atom stereocenters. The fourth-order valence-electron chi connectivity index (χ4n) is 10.5. The number of thiazole rings is 1. The largest absolute Gasteiger partial charge is 0.491 e. The summed E-state index contributed by atoms with van der Waals surface area (Å²) in [6.45, 7) is 15.0. The molecule has 4 heterocycles. The predicted octanol–water partition coefficient (Wildman–Crippen LogP) is 8.51. The number of amides is 1. The van der Waals surface area contributed by atoms with Gasteiger partial charge in [-0.3, -0.25) is 24.1 Å². The molecule has 0 bridgehead atoms. The molecular formula is C49H65ClN4O9S. The minimum Gasteiger partial charge on any atom is -0.491 e. The van der Waals surface area contributed by atoms with Gasteiger partial charge < -0.3 is 29.0 Å². The summed E-state index contributed by atoms with van der Waals surface area (Å²) in [6.07, 6.45) is 5.11. The summed E-state index contributed by atoms with van der Waals surface area (Å²) in [6, 6.07) is 4.57. The molecule has 1 aromatic carbocycles. The summed E-state index contributed by atoms with van der Waals surface area (Å²) in [5.74, 6) is -0.302. The average molecular weight is 922 g/mol. The minimum absolute atomic E-state index is 0.0594. The van der Waals surface area contributed by atoms with Gasteiger partial charge in [0.2, 0.25) is 5.91 Å². The van der Waals surface area contributed by atoms with Crippen LogP contribution in [0.5, 0.6) is 11.5 Å². The van der Waals surface area contributed by atoms with Crippen molar-refractivity contribution in [2.45, 2.75) is 130 Å². The van der Waals surface area contributed by atoms with Crippen LogP contribution in [0, 0.1) is 40.4 Å². The Labute approximate surface area is 385 Å². The number of aliphatic carboxylic acids is 1. The molecule has 3 saturated carbocycles. The molecule has 1 amide bonds. The summed E-state index contributed by atoms with van der Waals surface area (Å²) in [5, 5.41) is 14.2. The van der Waals surface area contributed by atoms with Crippen molar-refractivity contribution in [3.63, 3.8) is 0 Å². The van der Waals surface area contributed by atoms with Crippen LogP contribution >= 0.6 is 22.9 Å². The average Bonchev–Trinajstić information content (AvgIpc) is 3.72. The van der Waals surface area contributed by atoms with Gasteiger partial charge in [-0.1, -0.05) is 59.6 Å². The Balaban J connectivity index is 1.09. The number of nitrogens with zero attached hydrogens (tertiary/aromatic N) is 4. The lowest BCUT2D eigenvalue weighted by Gasteiger charge is -2.35. The number of likely N-dealkylation sites (tertiary alicyclic amines) is 2. The number of hydrogen-bond donors (Lipinski definition) is 1. The maximum atomic E-state index is 14.9. The third kappa shape index (κ3) is 10.1. The molecule has 1 N–H and O–H groups in total. The van der Waals surface area contributed by atoms with Crippen molar-refractivity contribution in [1.82, 2.24) is 19.8 Å². The van der Waals surface area contributed by atoms with Gasteiger partial charge in [0.05, 0.1) is 58.4 Å². The van der Waals surface area contributed by atoms with E-state index in [0.717, 1.165) is 50.3 Å². The second-order valence-corrected chi connectivity index (χ2v) is 22.0. The van der Waals surface area contributed by atoms with E-state index in [9.17, 15) is 24.3 Å². The third-order valence-corrected chi connectivity index (χ3v) is 15.8. The Hall–Kier alpha value is -3.85. The third-order valence-electron chi connectivity index (χ3n) is 14.5. The summed E-state index contributed by atoms with van der Waals surface area (Å²) in [5.41, 5.74) is -0.0940. The SMILES string of the molecule is CC[C@@H]1C[C@]1(CC(=O)[C@@H]1C[C@@H](Oc2cc(-c3csc(CC(C)C)n3)nc3c(Cl)c(OCCN4CC[C@@H](OC)C4)ccc23)CN1C(=O)[C@@H](CC(=O)OC1C[C@@H]2C[C@@H]2C1)C(C)(C)C)C(=O)O. The number of carbonyl (C=O) groups excluding carboxylic acids is 3. The first-order chi connectivity index (χ1) is 30.5. The van der Waals surface area contributed by atoms with E-state index in [1.165, 1.54) is 6.42 Å². The zero-order valence-electron chi connectivity index (χ0n) is 38.4. The van der Waals surface area contributed by atoms with Crippen molar-refractivity contribution < 1.29 is 43.2 Å². The topological polar surface area (TPSA) is 158 Å². The Morgan fingerprint density at radius 3 is 2.42 bits per heavy atom. The lowest BCUT2D eigenvalue weighted by molar-refractivity contribution is -0.157. The highest BCUT2D eigenvalue weighted by Gasteiger charge is 2.61. The van der Waals surface area contributed by atoms with Crippen LogP contribution in [-0.4, -0.2) is 113 Å². The number of rotatable bonds is 19. The first kappa shape index (κ1) is 46.7. The quantitative estimate of drug-likeness (QED) is 0.115. The molecular weight excluding hydrogens is 856 g/mol. The van der Waals surface area contributed by atoms with Crippen LogP contribution in [0.15, 0.2) is 23.6 Å². The molecule has 0 radical (unpaired) electrons. The number of pyridine rings is 1. The van der Waals surface area contributed by atoms with Gasteiger partial charge in [-0.25, -0.2) is 9.97 Å². The van der Waals surface area contributed by atoms with Gasteiger partial charge in [-0.15, -0.1) is 11.3 Å². The van der Waals surface area contributed by atoms with Crippen LogP contribution in [0.4, 0.5) is 0 Å². The van der Waals surface area contributed by atoms with E-state index in [1.54, 1.807) is 23.3 Å². The molecule has 3 aromatic rings. The fraction of sp³-hybridized carbons (Fsp3) is 0.673. The maximum Gasteiger partial charge on any atom is 0.310 e. The van der Waals surface area contributed by atoms with Crippen LogP contribution in [0.2, 0.25) is 5.02 Å². The Bertz CT molecular complexity index is 2230. The molecule has 2 aromatic heterocycles. The van der Waals surface area contributed by atoms with E-state index < -0.39 is 40.8 Å². The van der Waals surface area contributed by atoms with Gasteiger partial charge in [0.1, 0.15) is 35.3 Å². The van der Waals surface area contributed by atoms with Crippen LogP contribution in [0.3, 0.4) is 0 Å². The fourth-order valence-corrected chi connectivity index (χ4v) is 11.8. The zero-order valence-corrected chi connectivity index (χ0v) is 40.0. The maximum absolute atomic E-state index is 14.9. The molecule has 15 heteroatoms. The lowest BCUT2D eigenvalue weighted by atomic mass is 9.77. The molecule has 13 nitrogen and oxygen atoms in total. The van der Waals surface area contributed by atoms with Crippen LogP contribution < -0.4 is 9.47 Å². The molecule has 5 fully saturated rings. The van der Waals surface area contributed by atoms with Crippen LogP contribution in [0.1, 0.15) is 104 Å². The van der Waals surface area contributed by atoms with Crippen LogP contribution in [0.25, 0.3) is 22.3 Å². The number of fused-ring (bicyclic) bond motifs is 2. The van der Waals surface area contributed by atoms with Gasteiger partial charge in [0.15, 0.2) is 5.78 Å². The van der Waals surface area contributed by atoms with E-state index in [1.807, 2.05) is 51.3 Å². The molecule has 0 spiro atoms. The number of aromatic nitrogens is 2. The van der Waals surface area contributed by atoms with Crippen molar-refractivity contribution in [3.05, 3.63) is 33.6 Å². The second kappa shape index (κ2) is 18.8. The highest BCUT2D eigenvalue weighted by Crippen LogP contribution is 2.58. The molecule has 348 valence electrons. The van der Waals surface area contributed by atoms with E-state index in [0.29, 0.717) is 76.0 Å². The summed E-state index contributed by atoms with van der Waals surface area (Å²) < 4.78 is 24.6. The lowest BCUT2D eigenvalue weighted by Crippen LogP contribution is -2.48. The Morgan fingerprint density at radius 2 is 1.77 bits per heavy atom. The van der Waals surface area contributed by atoms with Gasteiger partial charge in [-0.2, -0.15) is 0 Å². The summed E-state index contributed by atoms with van der Waals surface area (Å²) in [7, 11) is 1.74. The van der Waals surface area contributed by atoms with Gasteiger partial charge in [-0.05, 0) is 73.3 Å². The van der Waals surface area contributed by atoms with E-state index in [4.69, 9.17) is 40.5 Å². The Morgan fingerprint density at radius 1 is 1.00 bits per heavy atom. The standard InChI is InChI=1S/C49H65ClN4O9S/c1-8-30-22-49(30,47(58)59)23-39(55)38-19-33(25-54(38)46(57)35(48(4,5)6)20-43(56)63-32-17-28-16-29(28)18-32)62-41-21-36(37-26-64-42(51-37)15-27(2)3)52-45-34(41)9-10-40(44(45)50)61-14-13-53-12-11-31(24-53)60-7/h9-10,21,26-33,35,38H,8,11-20,22-25H2,1-7H3,(H,58,59)/t28-,29+,30-,31-,32?,33-,35-,38+,49-/m1/s1. The zero-order chi connectivity index (χ0) is 45.7. The van der Waals surface area contributed by atoms with Crippen molar-refractivity contribution in [2.75, 3.05) is 39.9 Å².